The van der Waals surface area contributed by atoms with E-state index in [0.29, 0.717) is 31.2 Å². The summed E-state index contributed by atoms with van der Waals surface area (Å²) in [4.78, 5) is 16.5. The Kier molecular flexibility index (Phi) is 10.6. The standard InChI is InChI=1S/C25H36N4O2/c1-5-20(3)29-24(30)23-13-11-21(12-14-23)16-28-25(26-4)27-15-19(2)17-31-18-22-9-7-6-8-10-22/h6-14,19-20H,5,15-18H2,1-4H3,(H,29,30)(H2,26,27,28). The summed E-state index contributed by atoms with van der Waals surface area (Å²) >= 11 is 0. The Morgan fingerprint density at radius 3 is 2.35 bits per heavy atom. The molecular formula is C25H36N4O2. The highest BCUT2D eigenvalue weighted by atomic mass is 16.5. The Morgan fingerprint density at radius 2 is 1.71 bits per heavy atom. The van der Waals surface area contributed by atoms with E-state index in [-0.39, 0.29) is 11.9 Å². The van der Waals surface area contributed by atoms with Gasteiger partial charge in [0.25, 0.3) is 5.91 Å². The Labute approximate surface area is 186 Å². The van der Waals surface area contributed by atoms with E-state index < -0.39 is 0 Å². The average molecular weight is 425 g/mol. The van der Waals surface area contributed by atoms with Crippen LogP contribution in [0.25, 0.3) is 0 Å². The summed E-state index contributed by atoms with van der Waals surface area (Å²) in [6.45, 7) is 8.91. The quantitative estimate of drug-likeness (QED) is 0.380. The third-order valence-corrected chi connectivity index (χ3v) is 5.02. The first-order valence-corrected chi connectivity index (χ1v) is 11.0. The Bertz CT molecular complexity index is 806. The minimum absolute atomic E-state index is 0.0326. The molecule has 2 aromatic rings. The molecule has 0 spiro atoms. The van der Waals surface area contributed by atoms with Gasteiger partial charge in [-0.15, -0.1) is 0 Å². The Balaban J connectivity index is 1.69. The molecule has 0 aliphatic heterocycles. The van der Waals surface area contributed by atoms with E-state index in [4.69, 9.17) is 4.74 Å². The van der Waals surface area contributed by atoms with Gasteiger partial charge in [-0.25, -0.2) is 0 Å². The summed E-state index contributed by atoms with van der Waals surface area (Å²) in [6.07, 6.45) is 0.914. The normalized spacial score (nSPS) is 13.4. The maximum Gasteiger partial charge on any atom is 0.251 e. The fraction of sp³-hybridized carbons (Fsp3) is 0.440. The average Bonchev–Trinajstić information content (AvgIpc) is 2.80. The van der Waals surface area contributed by atoms with Crippen molar-refractivity contribution in [1.29, 1.82) is 0 Å². The van der Waals surface area contributed by atoms with Gasteiger partial charge in [-0.1, -0.05) is 56.3 Å². The van der Waals surface area contributed by atoms with Crippen LogP contribution < -0.4 is 16.0 Å². The van der Waals surface area contributed by atoms with E-state index in [1.54, 1.807) is 7.05 Å². The van der Waals surface area contributed by atoms with Crippen molar-refractivity contribution in [1.82, 2.24) is 16.0 Å². The van der Waals surface area contributed by atoms with Gasteiger partial charge in [0, 0.05) is 31.7 Å². The van der Waals surface area contributed by atoms with Crippen molar-refractivity contribution in [2.45, 2.75) is 46.4 Å². The largest absolute Gasteiger partial charge is 0.376 e. The first kappa shape index (κ1) is 24.4. The molecule has 1 amide bonds. The van der Waals surface area contributed by atoms with Crippen molar-refractivity contribution in [2.75, 3.05) is 20.2 Å². The van der Waals surface area contributed by atoms with Crippen molar-refractivity contribution < 1.29 is 9.53 Å². The Morgan fingerprint density at radius 1 is 1.00 bits per heavy atom. The van der Waals surface area contributed by atoms with Crippen LogP contribution in [0.3, 0.4) is 0 Å². The van der Waals surface area contributed by atoms with E-state index in [1.165, 1.54) is 5.56 Å². The molecule has 3 N–H and O–H groups in total. The summed E-state index contributed by atoms with van der Waals surface area (Å²) in [5, 5.41) is 9.63. The van der Waals surface area contributed by atoms with Crippen LogP contribution in [0.2, 0.25) is 0 Å². The third-order valence-electron chi connectivity index (χ3n) is 5.02. The van der Waals surface area contributed by atoms with E-state index in [0.717, 1.165) is 24.5 Å². The summed E-state index contributed by atoms with van der Waals surface area (Å²) in [7, 11) is 1.76. The lowest BCUT2D eigenvalue weighted by molar-refractivity contribution is 0.0931. The molecule has 31 heavy (non-hydrogen) atoms. The topological polar surface area (TPSA) is 74.8 Å². The lowest BCUT2D eigenvalue weighted by Crippen LogP contribution is -2.39. The molecule has 6 heteroatoms. The van der Waals surface area contributed by atoms with Gasteiger partial charge < -0.3 is 20.7 Å². The molecule has 6 nitrogen and oxygen atoms in total. The van der Waals surface area contributed by atoms with Gasteiger partial charge in [-0.05, 0) is 42.5 Å². The monoisotopic (exact) mass is 424 g/mol. The summed E-state index contributed by atoms with van der Waals surface area (Å²) < 4.78 is 5.81. The van der Waals surface area contributed by atoms with Gasteiger partial charge >= 0.3 is 0 Å². The van der Waals surface area contributed by atoms with Gasteiger partial charge in [0.1, 0.15) is 0 Å². The zero-order valence-corrected chi connectivity index (χ0v) is 19.2. The third kappa shape index (κ3) is 9.22. The predicted molar refractivity (Wildman–Crippen MR) is 127 cm³/mol. The minimum atomic E-state index is -0.0326. The molecule has 2 rings (SSSR count). The second kappa shape index (κ2) is 13.4. The van der Waals surface area contributed by atoms with E-state index in [9.17, 15) is 4.79 Å². The van der Waals surface area contributed by atoms with Gasteiger partial charge in [0.15, 0.2) is 5.96 Å². The number of hydrogen-bond acceptors (Lipinski definition) is 3. The lowest BCUT2D eigenvalue weighted by atomic mass is 10.1. The predicted octanol–water partition coefficient (Wildman–Crippen LogP) is 3.73. The highest BCUT2D eigenvalue weighted by molar-refractivity contribution is 5.94. The highest BCUT2D eigenvalue weighted by Crippen LogP contribution is 2.06. The molecule has 0 radical (unpaired) electrons. The van der Waals surface area contributed by atoms with Crippen molar-refractivity contribution >= 4 is 11.9 Å². The molecule has 168 valence electrons. The first-order chi connectivity index (χ1) is 15.0. The molecule has 0 aromatic heterocycles. The number of hydrogen-bond donors (Lipinski definition) is 3. The minimum Gasteiger partial charge on any atom is -0.376 e. The van der Waals surface area contributed by atoms with Gasteiger partial charge in [0.05, 0.1) is 13.2 Å². The van der Waals surface area contributed by atoms with Gasteiger partial charge in [-0.3, -0.25) is 9.79 Å². The van der Waals surface area contributed by atoms with Gasteiger partial charge in [-0.2, -0.15) is 0 Å². The molecular weight excluding hydrogens is 388 g/mol. The second-order valence-electron chi connectivity index (χ2n) is 7.89. The van der Waals surface area contributed by atoms with E-state index >= 15 is 0 Å². The summed E-state index contributed by atoms with van der Waals surface area (Å²) in [6, 6.07) is 18.0. The maximum absolute atomic E-state index is 12.2. The highest BCUT2D eigenvalue weighted by Gasteiger charge is 2.09. The fourth-order valence-corrected chi connectivity index (χ4v) is 2.87. The smallest absolute Gasteiger partial charge is 0.251 e. The molecule has 2 atom stereocenters. The van der Waals surface area contributed by atoms with Crippen molar-refractivity contribution in [2.24, 2.45) is 10.9 Å². The van der Waals surface area contributed by atoms with Crippen LogP contribution in [0.4, 0.5) is 0 Å². The summed E-state index contributed by atoms with van der Waals surface area (Å²) in [5.41, 5.74) is 2.95. The molecule has 0 bridgehead atoms. The van der Waals surface area contributed by atoms with Crippen LogP contribution in [-0.4, -0.2) is 38.1 Å². The van der Waals surface area contributed by atoms with E-state index in [2.05, 4.69) is 46.9 Å². The van der Waals surface area contributed by atoms with Crippen LogP contribution in [0, 0.1) is 5.92 Å². The van der Waals surface area contributed by atoms with Crippen molar-refractivity contribution in [3.63, 3.8) is 0 Å². The van der Waals surface area contributed by atoms with Crippen LogP contribution in [0.1, 0.15) is 48.7 Å². The van der Waals surface area contributed by atoms with Crippen molar-refractivity contribution in [3.8, 4) is 0 Å². The molecule has 0 saturated heterocycles. The van der Waals surface area contributed by atoms with Crippen LogP contribution in [0.15, 0.2) is 59.6 Å². The molecule has 0 aliphatic rings. The zero-order chi connectivity index (χ0) is 22.5. The number of guanidine groups is 1. The molecule has 0 fully saturated rings. The molecule has 0 aliphatic carbocycles. The lowest BCUT2D eigenvalue weighted by Gasteiger charge is -2.16. The Hall–Kier alpha value is -2.86. The number of nitrogens with one attached hydrogen (secondary N) is 3. The number of aliphatic imine (C=N–C) groups is 1. The molecule has 2 unspecified atom stereocenters. The van der Waals surface area contributed by atoms with Crippen LogP contribution >= 0.6 is 0 Å². The number of nitrogens with zero attached hydrogens (tertiary/aromatic N) is 1. The zero-order valence-electron chi connectivity index (χ0n) is 19.2. The van der Waals surface area contributed by atoms with E-state index in [1.807, 2.05) is 49.4 Å². The fourth-order valence-electron chi connectivity index (χ4n) is 2.87. The number of ether oxygens (including phenoxy) is 1. The number of carbonyl (C=O) groups is 1. The SMILES string of the molecule is CCC(C)NC(=O)c1ccc(CNC(=NC)NCC(C)COCc2ccccc2)cc1. The maximum atomic E-state index is 12.2. The summed E-state index contributed by atoms with van der Waals surface area (Å²) in [5.74, 6) is 1.06. The number of rotatable bonds is 11. The van der Waals surface area contributed by atoms with Crippen LogP contribution in [0.5, 0.6) is 0 Å². The number of benzene rings is 2. The first-order valence-electron chi connectivity index (χ1n) is 11.0. The van der Waals surface area contributed by atoms with Crippen LogP contribution in [-0.2, 0) is 17.9 Å². The molecule has 0 saturated carbocycles. The number of amides is 1. The van der Waals surface area contributed by atoms with Gasteiger partial charge in [0.2, 0.25) is 0 Å². The molecule has 2 aromatic carbocycles. The van der Waals surface area contributed by atoms with Crippen molar-refractivity contribution in [3.05, 3.63) is 71.3 Å². The second-order valence-corrected chi connectivity index (χ2v) is 7.89. The molecule has 0 heterocycles. The number of carbonyl (C=O) groups excluding carboxylic acids is 1.